The highest BCUT2D eigenvalue weighted by molar-refractivity contribution is 5.74. The lowest BCUT2D eigenvalue weighted by atomic mass is 9.79. The maximum absolute atomic E-state index is 12.7. The summed E-state index contributed by atoms with van der Waals surface area (Å²) in [7, 11) is 0. The van der Waals surface area contributed by atoms with Crippen molar-refractivity contribution in [2.75, 3.05) is 19.7 Å². The molecule has 0 bridgehead atoms. The van der Waals surface area contributed by atoms with Crippen molar-refractivity contribution in [3.63, 3.8) is 0 Å². The zero-order chi connectivity index (χ0) is 11.7. The number of ether oxygens (including phenoxy) is 1. The molecular weight excluding hydrogens is 211 g/mol. The first kappa shape index (κ1) is 12.3. The monoisotopic (exact) mass is 225 g/mol. The fraction of sp³-hybridized carbons (Fsp3) is 0.889. The summed E-state index contributed by atoms with van der Waals surface area (Å²) in [5, 5.41) is 2.59. The van der Waals surface area contributed by atoms with Crippen molar-refractivity contribution in [2.24, 2.45) is 11.3 Å². The normalized spacial score (nSPS) is 31.7. The Balaban J connectivity index is 2.85. The molecule has 0 aromatic heterocycles. The number of nitrogens with one attached hydrogen (secondary N) is 1. The molecule has 1 aliphatic heterocycles. The third kappa shape index (κ3) is 2.09. The SMILES string of the molecule is CCOC(=O)[C@@H]1CNC[C@@]1(C)C(F)(F)F. The predicted molar refractivity (Wildman–Crippen MR) is 47.2 cm³/mol. The lowest BCUT2D eigenvalue weighted by Crippen LogP contribution is -2.45. The van der Waals surface area contributed by atoms with Gasteiger partial charge >= 0.3 is 12.1 Å². The van der Waals surface area contributed by atoms with Gasteiger partial charge in [0.1, 0.15) is 0 Å². The molecule has 1 N–H and O–H groups in total. The van der Waals surface area contributed by atoms with Gasteiger partial charge < -0.3 is 10.1 Å². The highest BCUT2D eigenvalue weighted by Gasteiger charge is 2.60. The van der Waals surface area contributed by atoms with E-state index in [1.807, 2.05) is 0 Å². The molecule has 0 aliphatic carbocycles. The molecule has 2 atom stereocenters. The number of halogens is 3. The van der Waals surface area contributed by atoms with E-state index >= 15 is 0 Å². The fourth-order valence-electron chi connectivity index (χ4n) is 1.71. The van der Waals surface area contributed by atoms with Crippen LogP contribution in [0, 0.1) is 11.3 Å². The van der Waals surface area contributed by atoms with Gasteiger partial charge in [0.05, 0.1) is 17.9 Å². The van der Waals surface area contributed by atoms with Gasteiger partial charge in [-0.1, -0.05) is 0 Å². The first-order valence-electron chi connectivity index (χ1n) is 4.77. The van der Waals surface area contributed by atoms with E-state index in [1.54, 1.807) is 6.92 Å². The molecule has 0 aromatic carbocycles. The van der Waals surface area contributed by atoms with Crippen molar-refractivity contribution < 1.29 is 22.7 Å². The minimum atomic E-state index is -4.39. The van der Waals surface area contributed by atoms with Crippen LogP contribution in [0.15, 0.2) is 0 Å². The Labute approximate surface area is 86.0 Å². The Hall–Kier alpha value is -0.780. The number of hydrogen-bond acceptors (Lipinski definition) is 3. The second-order valence-corrected chi connectivity index (χ2v) is 3.85. The minimum absolute atomic E-state index is 0.0227. The summed E-state index contributed by atoms with van der Waals surface area (Å²) in [4.78, 5) is 11.3. The molecule has 0 spiro atoms. The number of hydrogen-bond donors (Lipinski definition) is 1. The van der Waals surface area contributed by atoms with E-state index in [-0.39, 0.29) is 19.7 Å². The average molecular weight is 225 g/mol. The zero-order valence-electron chi connectivity index (χ0n) is 8.65. The lowest BCUT2D eigenvalue weighted by molar-refractivity contribution is -0.228. The Kier molecular flexibility index (Phi) is 3.28. The smallest absolute Gasteiger partial charge is 0.396 e. The van der Waals surface area contributed by atoms with Crippen molar-refractivity contribution >= 4 is 5.97 Å². The van der Waals surface area contributed by atoms with E-state index < -0.39 is 23.5 Å². The van der Waals surface area contributed by atoms with Crippen LogP contribution in [0.2, 0.25) is 0 Å². The molecule has 0 aromatic rings. The molecule has 1 fully saturated rings. The van der Waals surface area contributed by atoms with E-state index in [0.29, 0.717) is 0 Å². The van der Waals surface area contributed by atoms with Gasteiger partial charge in [-0.15, -0.1) is 0 Å². The first-order valence-corrected chi connectivity index (χ1v) is 4.77. The summed E-state index contributed by atoms with van der Waals surface area (Å²) < 4.78 is 42.9. The third-order valence-corrected chi connectivity index (χ3v) is 2.83. The van der Waals surface area contributed by atoms with E-state index in [2.05, 4.69) is 10.1 Å². The van der Waals surface area contributed by atoms with Crippen molar-refractivity contribution in [1.82, 2.24) is 5.32 Å². The van der Waals surface area contributed by atoms with Crippen molar-refractivity contribution in [3.8, 4) is 0 Å². The molecule has 1 aliphatic rings. The van der Waals surface area contributed by atoms with Gasteiger partial charge in [-0.25, -0.2) is 0 Å². The Morgan fingerprint density at radius 2 is 2.20 bits per heavy atom. The molecule has 1 rings (SSSR count). The number of carbonyl (C=O) groups is 1. The molecule has 88 valence electrons. The largest absolute Gasteiger partial charge is 0.466 e. The topological polar surface area (TPSA) is 38.3 Å². The molecular formula is C9H14F3NO2. The molecule has 6 heteroatoms. The maximum Gasteiger partial charge on any atom is 0.396 e. The van der Waals surface area contributed by atoms with Gasteiger partial charge in [0.2, 0.25) is 0 Å². The van der Waals surface area contributed by atoms with E-state index in [9.17, 15) is 18.0 Å². The summed E-state index contributed by atoms with van der Waals surface area (Å²) >= 11 is 0. The number of esters is 1. The van der Waals surface area contributed by atoms with Crippen LogP contribution in [-0.4, -0.2) is 31.8 Å². The van der Waals surface area contributed by atoms with Gasteiger partial charge in [-0.2, -0.15) is 13.2 Å². The van der Waals surface area contributed by atoms with Crippen molar-refractivity contribution in [3.05, 3.63) is 0 Å². The molecule has 0 saturated carbocycles. The van der Waals surface area contributed by atoms with Crippen LogP contribution in [-0.2, 0) is 9.53 Å². The highest BCUT2D eigenvalue weighted by Crippen LogP contribution is 2.46. The van der Waals surface area contributed by atoms with Crippen LogP contribution in [0.3, 0.4) is 0 Å². The molecule has 1 heterocycles. The molecule has 1 saturated heterocycles. The van der Waals surface area contributed by atoms with Crippen LogP contribution >= 0.6 is 0 Å². The van der Waals surface area contributed by atoms with Crippen LogP contribution in [0.4, 0.5) is 13.2 Å². The molecule has 3 nitrogen and oxygen atoms in total. The minimum Gasteiger partial charge on any atom is -0.466 e. The van der Waals surface area contributed by atoms with E-state index in [1.165, 1.54) is 0 Å². The van der Waals surface area contributed by atoms with Crippen LogP contribution in [0.25, 0.3) is 0 Å². The van der Waals surface area contributed by atoms with Gasteiger partial charge in [0.15, 0.2) is 0 Å². The second-order valence-electron chi connectivity index (χ2n) is 3.85. The van der Waals surface area contributed by atoms with Gasteiger partial charge in [-0.05, 0) is 13.8 Å². The van der Waals surface area contributed by atoms with Gasteiger partial charge in [0.25, 0.3) is 0 Å². The zero-order valence-corrected chi connectivity index (χ0v) is 8.65. The van der Waals surface area contributed by atoms with Gasteiger partial charge in [0, 0.05) is 13.1 Å². The standard InChI is InChI=1S/C9H14F3NO2/c1-3-15-7(14)6-4-13-5-8(6,2)9(10,11)12/h6,13H,3-5H2,1-2H3/t6-,8+/m0/s1. The first-order chi connectivity index (χ1) is 6.83. The maximum atomic E-state index is 12.7. The van der Waals surface area contributed by atoms with Crippen molar-refractivity contribution in [2.45, 2.75) is 20.0 Å². The average Bonchev–Trinajstić information content (AvgIpc) is 2.48. The fourth-order valence-corrected chi connectivity index (χ4v) is 1.71. The molecule has 0 unspecified atom stereocenters. The Morgan fingerprint density at radius 1 is 1.60 bits per heavy atom. The molecule has 0 radical (unpaired) electrons. The number of carbonyl (C=O) groups excluding carboxylic acids is 1. The van der Waals surface area contributed by atoms with E-state index in [4.69, 9.17) is 0 Å². The predicted octanol–water partition coefficient (Wildman–Crippen LogP) is 1.34. The summed E-state index contributed by atoms with van der Waals surface area (Å²) in [6.07, 6.45) is -4.39. The molecule has 0 amide bonds. The third-order valence-electron chi connectivity index (χ3n) is 2.83. The Bertz CT molecular complexity index is 254. The Morgan fingerprint density at radius 3 is 2.67 bits per heavy atom. The quantitative estimate of drug-likeness (QED) is 0.721. The highest BCUT2D eigenvalue weighted by atomic mass is 19.4. The molecule has 15 heavy (non-hydrogen) atoms. The van der Waals surface area contributed by atoms with Crippen molar-refractivity contribution in [1.29, 1.82) is 0 Å². The lowest BCUT2D eigenvalue weighted by Gasteiger charge is -2.31. The van der Waals surface area contributed by atoms with Gasteiger partial charge in [-0.3, -0.25) is 4.79 Å². The number of alkyl halides is 3. The van der Waals surface area contributed by atoms with E-state index in [0.717, 1.165) is 6.92 Å². The summed E-state index contributed by atoms with van der Waals surface area (Å²) in [5.74, 6) is -1.92. The number of rotatable bonds is 2. The second kappa shape index (κ2) is 4.00. The van der Waals surface area contributed by atoms with Crippen LogP contribution < -0.4 is 5.32 Å². The van der Waals surface area contributed by atoms with Crippen LogP contribution in [0.5, 0.6) is 0 Å². The summed E-state index contributed by atoms with van der Waals surface area (Å²) in [6.45, 7) is 2.51. The summed E-state index contributed by atoms with van der Waals surface area (Å²) in [5.41, 5.74) is -2.01. The van der Waals surface area contributed by atoms with Crippen LogP contribution in [0.1, 0.15) is 13.8 Å². The summed E-state index contributed by atoms with van der Waals surface area (Å²) in [6, 6.07) is 0.